The molecule has 1 saturated heterocycles. The van der Waals surface area contributed by atoms with Crippen LogP contribution in [0.25, 0.3) is 17.0 Å². The molecule has 1 saturated carbocycles. The van der Waals surface area contributed by atoms with Crippen LogP contribution in [0.3, 0.4) is 0 Å². The van der Waals surface area contributed by atoms with E-state index >= 15 is 0 Å². The predicted octanol–water partition coefficient (Wildman–Crippen LogP) is 6.45. The molecule has 6 nitrogen and oxygen atoms in total. The van der Waals surface area contributed by atoms with Crippen molar-refractivity contribution in [2.75, 3.05) is 6.61 Å². The second kappa shape index (κ2) is 10.7. The van der Waals surface area contributed by atoms with Crippen LogP contribution in [0.1, 0.15) is 50.3 Å². The lowest BCUT2D eigenvalue weighted by molar-refractivity contribution is -0.143. The minimum atomic E-state index is -0.271. The molecule has 7 heteroatoms. The number of thioether (sulfide) groups is 1. The molecule has 5 rings (SSSR count). The standard InChI is InChI=1S/C29H31N3O3S/c1-3-35-27(33)19-31-20(2)24(23-16-10-11-17-25(23)31)18-26-28(34)32(22-14-8-5-9-15-22)29(36-26)30-21-12-6-4-7-13-21/h4,6-7,10-13,16-18,22H,3,5,8-9,14-15,19H2,1-2H3/b26-18-,30-29?. The van der Waals surface area contributed by atoms with Gasteiger partial charge in [0.05, 0.1) is 17.2 Å². The van der Waals surface area contributed by atoms with Gasteiger partial charge in [-0.25, -0.2) is 4.99 Å². The van der Waals surface area contributed by atoms with Crippen molar-refractivity contribution in [3.63, 3.8) is 0 Å². The van der Waals surface area contributed by atoms with Crippen LogP contribution in [-0.4, -0.2) is 39.2 Å². The topological polar surface area (TPSA) is 63.9 Å². The Bertz CT molecular complexity index is 1340. The zero-order chi connectivity index (χ0) is 25.1. The Morgan fingerprint density at radius 3 is 2.56 bits per heavy atom. The fourth-order valence-electron chi connectivity index (χ4n) is 5.15. The van der Waals surface area contributed by atoms with Gasteiger partial charge in [0.15, 0.2) is 5.17 Å². The van der Waals surface area contributed by atoms with E-state index in [-0.39, 0.29) is 24.5 Å². The second-order valence-electron chi connectivity index (χ2n) is 9.21. The fourth-order valence-corrected chi connectivity index (χ4v) is 6.19. The zero-order valence-electron chi connectivity index (χ0n) is 20.8. The molecule has 1 amide bonds. The second-order valence-corrected chi connectivity index (χ2v) is 10.2. The summed E-state index contributed by atoms with van der Waals surface area (Å²) < 4.78 is 7.18. The summed E-state index contributed by atoms with van der Waals surface area (Å²) in [5.74, 6) is -0.254. The van der Waals surface area contributed by atoms with E-state index in [1.54, 1.807) is 0 Å². The van der Waals surface area contributed by atoms with Gasteiger partial charge >= 0.3 is 5.97 Å². The number of para-hydroxylation sites is 2. The van der Waals surface area contributed by atoms with Crippen LogP contribution in [0, 0.1) is 6.92 Å². The van der Waals surface area contributed by atoms with Crippen molar-refractivity contribution >= 4 is 51.5 Å². The van der Waals surface area contributed by atoms with E-state index in [1.165, 1.54) is 18.2 Å². The molecule has 1 aliphatic carbocycles. The number of fused-ring (bicyclic) bond motifs is 1. The highest BCUT2D eigenvalue weighted by Gasteiger charge is 2.39. The molecule has 2 aliphatic rings. The first-order chi connectivity index (χ1) is 17.6. The molecular weight excluding hydrogens is 470 g/mol. The third-order valence-electron chi connectivity index (χ3n) is 6.91. The van der Waals surface area contributed by atoms with Crippen molar-refractivity contribution < 1.29 is 14.3 Å². The van der Waals surface area contributed by atoms with E-state index in [4.69, 9.17) is 9.73 Å². The summed E-state index contributed by atoms with van der Waals surface area (Å²) in [6.45, 7) is 4.29. The number of benzene rings is 2. The van der Waals surface area contributed by atoms with E-state index in [2.05, 4.69) is 0 Å². The lowest BCUT2D eigenvalue weighted by Crippen LogP contribution is -2.40. The number of hydrogen-bond donors (Lipinski definition) is 0. The van der Waals surface area contributed by atoms with Crippen molar-refractivity contribution in [3.8, 4) is 0 Å². The number of rotatable bonds is 6. The largest absolute Gasteiger partial charge is 0.465 e. The van der Waals surface area contributed by atoms with E-state index in [9.17, 15) is 9.59 Å². The number of ether oxygens (including phenoxy) is 1. The summed E-state index contributed by atoms with van der Waals surface area (Å²) in [5.41, 5.74) is 3.68. The van der Waals surface area contributed by atoms with Crippen LogP contribution < -0.4 is 0 Å². The number of esters is 1. The van der Waals surface area contributed by atoms with Gasteiger partial charge in [0, 0.05) is 28.2 Å². The number of carbonyl (C=O) groups excluding carboxylic acids is 2. The molecule has 0 bridgehead atoms. The molecule has 0 unspecified atom stereocenters. The van der Waals surface area contributed by atoms with Crippen molar-refractivity contribution in [1.82, 2.24) is 9.47 Å². The normalized spacial score (nSPS) is 19.1. The molecule has 186 valence electrons. The summed E-state index contributed by atoms with van der Waals surface area (Å²) in [6.07, 6.45) is 7.49. The van der Waals surface area contributed by atoms with Crippen molar-refractivity contribution in [2.45, 2.75) is 58.5 Å². The molecular formula is C29H31N3O3S. The zero-order valence-corrected chi connectivity index (χ0v) is 21.6. The molecule has 0 radical (unpaired) electrons. The molecule has 0 spiro atoms. The number of aromatic nitrogens is 1. The molecule has 1 aliphatic heterocycles. The van der Waals surface area contributed by atoms with Crippen molar-refractivity contribution in [3.05, 3.63) is 70.8 Å². The number of carbonyl (C=O) groups is 2. The van der Waals surface area contributed by atoms with Crippen LogP contribution >= 0.6 is 11.8 Å². The van der Waals surface area contributed by atoms with Crippen LogP contribution in [0.2, 0.25) is 0 Å². The van der Waals surface area contributed by atoms with Crippen LogP contribution in [0.5, 0.6) is 0 Å². The monoisotopic (exact) mass is 501 g/mol. The number of amidine groups is 1. The highest BCUT2D eigenvalue weighted by molar-refractivity contribution is 8.18. The Labute approximate surface area is 216 Å². The van der Waals surface area contributed by atoms with Gasteiger partial charge in [-0.3, -0.25) is 14.5 Å². The van der Waals surface area contributed by atoms with Crippen molar-refractivity contribution in [1.29, 1.82) is 0 Å². The van der Waals surface area contributed by atoms with Gasteiger partial charge in [-0.2, -0.15) is 0 Å². The molecule has 2 fully saturated rings. The third kappa shape index (κ3) is 4.85. The van der Waals surface area contributed by atoms with E-state index in [0.29, 0.717) is 11.5 Å². The van der Waals surface area contributed by atoms with Gasteiger partial charge < -0.3 is 9.30 Å². The number of nitrogens with zero attached hydrogens (tertiary/aromatic N) is 3. The van der Waals surface area contributed by atoms with E-state index < -0.39 is 0 Å². The minimum Gasteiger partial charge on any atom is -0.465 e. The van der Waals surface area contributed by atoms with Crippen molar-refractivity contribution in [2.24, 2.45) is 4.99 Å². The fraction of sp³-hybridized carbons (Fsp3) is 0.345. The molecule has 2 heterocycles. The highest BCUT2D eigenvalue weighted by Crippen LogP contribution is 2.40. The SMILES string of the molecule is CCOC(=O)Cn1c(C)c(/C=C2\SC(=Nc3ccccc3)N(C3CCCCC3)C2=O)c2ccccc21. The maximum absolute atomic E-state index is 13.8. The number of amides is 1. The average Bonchev–Trinajstić information content (AvgIpc) is 3.34. The van der Waals surface area contributed by atoms with Gasteiger partial charge in [-0.15, -0.1) is 0 Å². The van der Waals surface area contributed by atoms with Gasteiger partial charge in [-0.05, 0) is 62.7 Å². The first-order valence-electron chi connectivity index (χ1n) is 12.7. The smallest absolute Gasteiger partial charge is 0.325 e. The quantitative estimate of drug-likeness (QED) is 0.288. The summed E-state index contributed by atoms with van der Waals surface area (Å²) in [5, 5.41) is 1.76. The van der Waals surface area contributed by atoms with Crippen LogP contribution in [0.15, 0.2) is 64.5 Å². The maximum atomic E-state index is 13.8. The third-order valence-corrected chi connectivity index (χ3v) is 7.89. The Balaban J connectivity index is 1.56. The molecule has 36 heavy (non-hydrogen) atoms. The molecule has 1 aromatic heterocycles. The van der Waals surface area contributed by atoms with E-state index in [1.807, 2.05) is 84.0 Å². The van der Waals surface area contributed by atoms with Gasteiger partial charge in [0.1, 0.15) is 6.54 Å². The molecule has 2 aromatic carbocycles. The number of aliphatic imine (C=N–C) groups is 1. The Morgan fingerprint density at radius 2 is 1.81 bits per heavy atom. The summed E-state index contributed by atoms with van der Waals surface area (Å²) >= 11 is 1.45. The first-order valence-corrected chi connectivity index (χ1v) is 13.5. The Morgan fingerprint density at radius 1 is 1.08 bits per heavy atom. The molecule has 3 aromatic rings. The molecule has 0 atom stereocenters. The van der Waals surface area contributed by atoms with Crippen LogP contribution in [0.4, 0.5) is 5.69 Å². The first kappa shape index (κ1) is 24.4. The summed E-state index contributed by atoms with van der Waals surface area (Å²) in [6, 6.07) is 18.0. The molecule has 0 N–H and O–H groups in total. The van der Waals surface area contributed by atoms with Crippen LogP contribution in [-0.2, 0) is 20.9 Å². The lowest BCUT2D eigenvalue weighted by atomic mass is 9.94. The lowest BCUT2D eigenvalue weighted by Gasteiger charge is -2.30. The minimum absolute atomic E-state index is 0.0169. The Hall–Kier alpha value is -3.32. The van der Waals surface area contributed by atoms with E-state index in [0.717, 1.165) is 58.7 Å². The highest BCUT2D eigenvalue weighted by atomic mass is 32.2. The summed E-state index contributed by atoms with van der Waals surface area (Å²) in [7, 11) is 0. The summed E-state index contributed by atoms with van der Waals surface area (Å²) in [4.78, 5) is 33.6. The number of hydrogen-bond acceptors (Lipinski definition) is 5. The predicted molar refractivity (Wildman–Crippen MR) is 146 cm³/mol. The average molecular weight is 502 g/mol. The van der Waals surface area contributed by atoms with Gasteiger partial charge in [0.2, 0.25) is 0 Å². The Kier molecular flexibility index (Phi) is 7.28. The van der Waals surface area contributed by atoms with Gasteiger partial charge in [-0.1, -0.05) is 55.7 Å². The van der Waals surface area contributed by atoms with Gasteiger partial charge in [0.25, 0.3) is 5.91 Å². The maximum Gasteiger partial charge on any atom is 0.325 e.